The summed E-state index contributed by atoms with van der Waals surface area (Å²) in [6.07, 6.45) is 0. The van der Waals surface area contributed by atoms with Crippen LogP contribution in [-0.2, 0) is 6.54 Å². The second-order valence-corrected chi connectivity index (χ2v) is 4.27. The van der Waals surface area contributed by atoms with E-state index in [0.717, 1.165) is 11.8 Å². The van der Waals surface area contributed by atoms with Gasteiger partial charge in [0.2, 0.25) is 0 Å². The molecule has 19 heavy (non-hydrogen) atoms. The van der Waals surface area contributed by atoms with E-state index in [9.17, 15) is 8.78 Å². The minimum atomic E-state index is -0.896. The first-order valence-corrected chi connectivity index (χ1v) is 6.02. The number of hydrogen-bond acceptors (Lipinski definition) is 3. The number of hydrogen-bond donors (Lipinski definition) is 2. The van der Waals surface area contributed by atoms with E-state index in [1.54, 1.807) is 10.7 Å². The van der Waals surface area contributed by atoms with Gasteiger partial charge in [-0.05, 0) is 26.0 Å². The first-order chi connectivity index (χ1) is 9.08. The SMILES string of the molecule is CCn1nc(C)cc1C(NN)c1cccc(F)c1F. The van der Waals surface area contributed by atoms with Gasteiger partial charge in [-0.1, -0.05) is 12.1 Å². The maximum atomic E-state index is 13.9. The van der Waals surface area contributed by atoms with E-state index in [2.05, 4.69) is 10.5 Å². The molecule has 6 heteroatoms. The molecule has 0 radical (unpaired) electrons. The van der Waals surface area contributed by atoms with Crippen molar-refractivity contribution in [2.45, 2.75) is 26.4 Å². The smallest absolute Gasteiger partial charge is 0.164 e. The first kappa shape index (κ1) is 13.6. The Kier molecular flexibility index (Phi) is 3.92. The van der Waals surface area contributed by atoms with Crippen LogP contribution < -0.4 is 11.3 Å². The summed E-state index contributed by atoms with van der Waals surface area (Å²) in [7, 11) is 0. The molecule has 2 rings (SSSR count). The predicted octanol–water partition coefficient (Wildman–Crippen LogP) is 2.04. The second kappa shape index (κ2) is 5.46. The molecule has 1 atom stereocenters. The Bertz CT molecular complexity index is 580. The van der Waals surface area contributed by atoms with Gasteiger partial charge >= 0.3 is 0 Å². The fourth-order valence-electron chi connectivity index (χ4n) is 2.13. The molecule has 0 spiro atoms. The molecule has 0 bridgehead atoms. The third kappa shape index (κ3) is 2.50. The van der Waals surface area contributed by atoms with Crippen molar-refractivity contribution in [2.24, 2.45) is 5.84 Å². The Hall–Kier alpha value is -1.79. The molecule has 0 fully saturated rings. The molecule has 1 heterocycles. The number of nitrogens with one attached hydrogen (secondary N) is 1. The van der Waals surface area contributed by atoms with Crippen molar-refractivity contribution in [3.05, 3.63) is 52.9 Å². The zero-order chi connectivity index (χ0) is 14.0. The monoisotopic (exact) mass is 266 g/mol. The van der Waals surface area contributed by atoms with Crippen LogP contribution in [0.3, 0.4) is 0 Å². The van der Waals surface area contributed by atoms with E-state index in [0.29, 0.717) is 12.2 Å². The van der Waals surface area contributed by atoms with Gasteiger partial charge in [-0.15, -0.1) is 0 Å². The van der Waals surface area contributed by atoms with Gasteiger partial charge in [0.25, 0.3) is 0 Å². The zero-order valence-electron chi connectivity index (χ0n) is 10.8. The summed E-state index contributed by atoms with van der Waals surface area (Å²) in [5, 5.41) is 4.28. The summed E-state index contributed by atoms with van der Waals surface area (Å²) < 4.78 is 28.9. The lowest BCUT2D eigenvalue weighted by Gasteiger charge is -2.18. The summed E-state index contributed by atoms with van der Waals surface area (Å²) >= 11 is 0. The number of hydrazine groups is 1. The summed E-state index contributed by atoms with van der Waals surface area (Å²) in [5.41, 5.74) is 4.19. The molecule has 0 aliphatic carbocycles. The molecule has 102 valence electrons. The van der Waals surface area contributed by atoms with E-state index in [1.165, 1.54) is 12.1 Å². The van der Waals surface area contributed by atoms with Crippen LogP contribution in [-0.4, -0.2) is 9.78 Å². The molecule has 4 nitrogen and oxygen atoms in total. The molecule has 1 unspecified atom stereocenters. The van der Waals surface area contributed by atoms with E-state index < -0.39 is 17.7 Å². The highest BCUT2D eigenvalue weighted by Gasteiger charge is 2.22. The third-order valence-corrected chi connectivity index (χ3v) is 2.99. The highest BCUT2D eigenvalue weighted by Crippen LogP contribution is 2.25. The summed E-state index contributed by atoms with van der Waals surface area (Å²) in [4.78, 5) is 0. The molecule has 0 saturated carbocycles. The average Bonchev–Trinajstić information content (AvgIpc) is 2.76. The maximum absolute atomic E-state index is 13.9. The van der Waals surface area contributed by atoms with E-state index in [4.69, 9.17) is 5.84 Å². The first-order valence-electron chi connectivity index (χ1n) is 6.02. The van der Waals surface area contributed by atoms with Gasteiger partial charge in [-0.2, -0.15) is 5.10 Å². The van der Waals surface area contributed by atoms with Crippen LogP contribution in [0.2, 0.25) is 0 Å². The quantitative estimate of drug-likeness (QED) is 0.657. The van der Waals surface area contributed by atoms with Gasteiger partial charge in [0.1, 0.15) is 0 Å². The van der Waals surface area contributed by atoms with Gasteiger partial charge in [-0.25, -0.2) is 14.2 Å². The third-order valence-electron chi connectivity index (χ3n) is 2.99. The summed E-state index contributed by atoms with van der Waals surface area (Å²) in [5.74, 6) is 3.72. The van der Waals surface area contributed by atoms with Crippen molar-refractivity contribution < 1.29 is 8.78 Å². The normalized spacial score (nSPS) is 12.7. The fourth-order valence-corrected chi connectivity index (χ4v) is 2.13. The number of benzene rings is 1. The molecule has 0 aliphatic rings. The van der Waals surface area contributed by atoms with E-state index >= 15 is 0 Å². The lowest BCUT2D eigenvalue weighted by Crippen LogP contribution is -2.31. The predicted molar refractivity (Wildman–Crippen MR) is 68.2 cm³/mol. The maximum Gasteiger partial charge on any atom is 0.164 e. The minimum Gasteiger partial charge on any atom is -0.271 e. The molecule has 1 aromatic carbocycles. The van der Waals surface area contributed by atoms with Gasteiger partial charge in [0.05, 0.1) is 17.4 Å². The van der Waals surface area contributed by atoms with Crippen molar-refractivity contribution in [3.63, 3.8) is 0 Å². The van der Waals surface area contributed by atoms with Crippen LogP contribution in [0.15, 0.2) is 24.3 Å². The molecular weight excluding hydrogens is 250 g/mol. The van der Waals surface area contributed by atoms with Gasteiger partial charge in [-0.3, -0.25) is 10.5 Å². The van der Waals surface area contributed by atoms with Crippen LogP contribution >= 0.6 is 0 Å². The highest BCUT2D eigenvalue weighted by atomic mass is 19.2. The molecule has 2 aromatic rings. The van der Waals surface area contributed by atoms with Gasteiger partial charge in [0, 0.05) is 12.1 Å². The molecule has 1 aromatic heterocycles. The molecule has 0 aliphatic heterocycles. The summed E-state index contributed by atoms with van der Waals surface area (Å²) in [6.45, 7) is 4.38. The Balaban J connectivity index is 2.53. The molecule has 3 N–H and O–H groups in total. The van der Waals surface area contributed by atoms with Crippen LogP contribution in [0.25, 0.3) is 0 Å². The fraction of sp³-hybridized carbons (Fsp3) is 0.308. The van der Waals surface area contributed by atoms with E-state index in [-0.39, 0.29) is 5.56 Å². The second-order valence-electron chi connectivity index (χ2n) is 4.27. The summed E-state index contributed by atoms with van der Waals surface area (Å²) in [6, 6.07) is 5.20. The van der Waals surface area contributed by atoms with Crippen LogP contribution in [0.5, 0.6) is 0 Å². The zero-order valence-corrected chi connectivity index (χ0v) is 10.8. The van der Waals surface area contributed by atoms with Crippen molar-refractivity contribution in [1.29, 1.82) is 0 Å². The highest BCUT2D eigenvalue weighted by molar-refractivity contribution is 5.30. The minimum absolute atomic E-state index is 0.164. The Morgan fingerprint density at radius 3 is 2.79 bits per heavy atom. The number of halogens is 2. The van der Waals surface area contributed by atoms with Crippen molar-refractivity contribution in [2.75, 3.05) is 0 Å². The number of aryl methyl sites for hydroxylation is 2. The standard InChI is InChI=1S/C13H16F2N4/c1-3-19-11(7-8(2)18-19)13(17-16)9-5-4-6-10(14)12(9)15/h4-7,13,17H,3,16H2,1-2H3. The van der Waals surface area contributed by atoms with Crippen LogP contribution in [0.1, 0.15) is 29.9 Å². The Labute approximate surface area is 110 Å². The topological polar surface area (TPSA) is 55.9 Å². The Morgan fingerprint density at radius 1 is 1.42 bits per heavy atom. The number of aromatic nitrogens is 2. The number of nitrogens with zero attached hydrogens (tertiary/aromatic N) is 2. The Morgan fingerprint density at radius 2 is 2.16 bits per heavy atom. The number of rotatable bonds is 4. The van der Waals surface area contributed by atoms with Gasteiger partial charge < -0.3 is 0 Å². The molecule has 0 saturated heterocycles. The lowest BCUT2D eigenvalue weighted by atomic mass is 10.0. The van der Waals surface area contributed by atoms with Crippen molar-refractivity contribution in [1.82, 2.24) is 15.2 Å². The van der Waals surface area contributed by atoms with Crippen LogP contribution in [0, 0.1) is 18.6 Å². The van der Waals surface area contributed by atoms with E-state index in [1.807, 2.05) is 13.8 Å². The number of nitrogens with two attached hydrogens (primary N) is 1. The van der Waals surface area contributed by atoms with Crippen molar-refractivity contribution in [3.8, 4) is 0 Å². The van der Waals surface area contributed by atoms with Crippen molar-refractivity contribution >= 4 is 0 Å². The largest absolute Gasteiger partial charge is 0.271 e. The van der Waals surface area contributed by atoms with Gasteiger partial charge in [0.15, 0.2) is 11.6 Å². The lowest BCUT2D eigenvalue weighted by molar-refractivity contribution is 0.471. The van der Waals surface area contributed by atoms with Crippen LogP contribution in [0.4, 0.5) is 8.78 Å². The average molecular weight is 266 g/mol. The molecule has 0 amide bonds. The molecular formula is C13H16F2N4.